The minimum atomic E-state index is -0.245. The molecule has 152 valence electrons. The predicted octanol–water partition coefficient (Wildman–Crippen LogP) is 5.05. The summed E-state index contributed by atoms with van der Waals surface area (Å²) < 4.78 is 20.2. The van der Waals surface area contributed by atoms with Crippen molar-refractivity contribution < 1.29 is 19.0 Å². The van der Waals surface area contributed by atoms with E-state index in [2.05, 4.69) is 44.9 Å². The number of nitrogens with zero attached hydrogens (tertiary/aromatic N) is 1. The lowest BCUT2D eigenvalue weighted by Crippen LogP contribution is -2.09. The molecule has 1 fully saturated rings. The van der Waals surface area contributed by atoms with E-state index in [1.54, 1.807) is 0 Å². The summed E-state index contributed by atoms with van der Waals surface area (Å²) in [6.07, 6.45) is 3.39. The van der Waals surface area contributed by atoms with Crippen molar-refractivity contribution in [2.24, 2.45) is 0 Å². The summed E-state index contributed by atoms with van der Waals surface area (Å²) in [5, 5.41) is 1.16. The highest BCUT2D eigenvalue weighted by atomic mass is 79.9. The highest BCUT2D eigenvalue weighted by Crippen LogP contribution is 2.32. The molecular formula is C23H24BrNO4. The molecule has 3 aromatic rings. The van der Waals surface area contributed by atoms with Gasteiger partial charge in [0.1, 0.15) is 12.4 Å². The van der Waals surface area contributed by atoms with Crippen molar-refractivity contribution in [2.75, 3.05) is 19.8 Å². The Hall–Kier alpha value is -2.31. The fourth-order valence-corrected chi connectivity index (χ4v) is 4.13. The lowest BCUT2D eigenvalue weighted by atomic mass is 10.1. The van der Waals surface area contributed by atoms with Gasteiger partial charge in [-0.25, -0.2) is 0 Å². The van der Waals surface area contributed by atoms with E-state index in [1.807, 2.05) is 31.2 Å². The van der Waals surface area contributed by atoms with E-state index in [0.29, 0.717) is 25.0 Å². The van der Waals surface area contributed by atoms with Gasteiger partial charge in [-0.05, 0) is 37.6 Å². The zero-order valence-electron chi connectivity index (χ0n) is 16.4. The summed E-state index contributed by atoms with van der Waals surface area (Å²) in [5.41, 5.74) is 3.13. The van der Waals surface area contributed by atoms with Gasteiger partial charge in [0.05, 0.1) is 25.7 Å². The third-order valence-corrected chi connectivity index (χ3v) is 5.67. The molecule has 5 nitrogen and oxygen atoms in total. The molecule has 0 radical (unpaired) electrons. The van der Waals surface area contributed by atoms with Crippen LogP contribution < -0.4 is 4.74 Å². The number of fused-ring (bicyclic) bond motifs is 1. The number of halogens is 1. The number of hydrogen-bond donors (Lipinski definition) is 0. The van der Waals surface area contributed by atoms with Gasteiger partial charge in [0, 0.05) is 39.3 Å². The first-order chi connectivity index (χ1) is 14.2. The number of carbonyl (C=O) groups is 1. The van der Waals surface area contributed by atoms with Gasteiger partial charge in [-0.3, -0.25) is 4.79 Å². The Bertz CT molecular complexity index is 1010. The van der Waals surface area contributed by atoms with Crippen LogP contribution in [0.25, 0.3) is 10.9 Å². The van der Waals surface area contributed by atoms with Crippen LogP contribution in [0.4, 0.5) is 0 Å². The third kappa shape index (κ3) is 4.49. The van der Waals surface area contributed by atoms with Crippen LogP contribution in [-0.4, -0.2) is 30.4 Å². The largest absolute Gasteiger partial charge is 0.489 e. The Morgan fingerprint density at radius 3 is 2.90 bits per heavy atom. The summed E-state index contributed by atoms with van der Waals surface area (Å²) in [4.78, 5) is 11.9. The van der Waals surface area contributed by atoms with Gasteiger partial charge in [0.15, 0.2) is 0 Å². The topological polar surface area (TPSA) is 49.7 Å². The van der Waals surface area contributed by atoms with E-state index < -0.39 is 0 Å². The van der Waals surface area contributed by atoms with Crippen LogP contribution >= 0.6 is 15.9 Å². The molecule has 1 atom stereocenters. The van der Waals surface area contributed by atoms with E-state index in [1.165, 1.54) is 5.52 Å². The number of esters is 1. The molecule has 1 aromatic heterocycles. The maximum Gasteiger partial charge on any atom is 0.310 e. The van der Waals surface area contributed by atoms with E-state index in [-0.39, 0.29) is 12.4 Å². The van der Waals surface area contributed by atoms with Crippen LogP contribution in [0.3, 0.4) is 0 Å². The third-order valence-electron chi connectivity index (χ3n) is 5.17. The van der Waals surface area contributed by atoms with Crippen molar-refractivity contribution in [3.05, 3.63) is 64.3 Å². The predicted molar refractivity (Wildman–Crippen MR) is 115 cm³/mol. The maximum absolute atomic E-state index is 11.9. The molecular weight excluding hydrogens is 434 g/mol. The first-order valence-corrected chi connectivity index (χ1v) is 10.7. The molecule has 6 heteroatoms. The number of ether oxygens (including phenoxy) is 3. The SMILES string of the molecule is CCOC(=O)Cc1ccccc1OCc1cn(C2CCOC2)c2ccc(Br)cc12. The lowest BCUT2D eigenvalue weighted by molar-refractivity contribution is -0.142. The summed E-state index contributed by atoms with van der Waals surface area (Å²) >= 11 is 3.58. The second kappa shape index (κ2) is 9.01. The maximum atomic E-state index is 11.9. The van der Waals surface area contributed by atoms with Crippen LogP contribution in [0, 0.1) is 0 Å². The second-order valence-electron chi connectivity index (χ2n) is 7.12. The number of hydrogen-bond acceptors (Lipinski definition) is 4. The molecule has 0 spiro atoms. The molecule has 0 aliphatic carbocycles. The Morgan fingerprint density at radius 1 is 1.24 bits per heavy atom. The summed E-state index contributed by atoms with van der Waals surface area (Å²) in [5.74, 6) is 0.464. The fourth-order valence-electron chi connectivity index (χ4n) is 3.77. The Balaban J connectivity index is 1.59. The van der Waals surface area contributed by atoms with Crippen LogP contribution in [-0.2, 0) is 27.3 Å². The molecule has 1 unspecified atom stereocenters. The van der Waals surface area contributed by atoms with Gasteiger partial charge in [0.2, 0.25) is 0 Å². The van der Waals surface area contributed by atoms with Crippen molar-refractivity contribution in [2.45, 2.75) is 32.4 Å². The van der Waals surface area contributed by atoms with Gasteiger partial charge >= 0.3 is 5.97 Å². The first-order valence-electron chi connectivity index (χ1n) is 9.88. The Morgan fingerprint density at radius 2 is 2.10 bits per heavy atom. The quantitative estimate of drug-likeness (QED) is 0.465. The fraction of sp³-hybridized carbons (Fsp3) is 0.348. The average Bonchev–Trinajstić information content (AvgIpc) is 3.35. The van der Waals surface area contributed by atoms with E-state index in [4.69, 9.17) is 14.2 Å². The molecule has 1 aliphatic rings. The van der Waals surface area contributed by atoms with Gasteiger partial charge < -0.3 is 18.8 Å². The smallest absolute Gasteiger partial charge is 0.310 e. The zero-order chi connectivity index (χ0) is 20.2. The Labute approximate surface area is 178 Å². The average molecular weight is 458 g/mol. The highest BCUT2D eigenvalue weighted by molar-refractivity contribution is 9.10. The monoisotopic (exact) mass is 457 g/mol. The minimum Gasteiger partial charge on any atom is -0.489 e. The molecule has 0 bridgehead atoms. The standard InChI is InChI=1S/C23H24BrNO4/c1-2-28-23(26)11-16-5-3-4-6-22(16)29-14-17-13-25(19-9-10-27-15-19)21-8-7-18(24)12-20(17)21/h3-8,12-13,19H,2,9-11,14-15H2,1H3. The van der Waals surface area contributed by atoms with Crippen LogP contribution in [0.15, 0.2) is 53.1 Å². The van der Waals surface area contributed by atoms with Crippen LogP contribution in [0.1, 0.15) is 30.5 Å². The van der Waals surface area contributed by atoms with Crippen molar-refractivity contribution in [1.82, 2.24) is 4.57 Å². The van der Waals surface area contributed by atoms with Crippen LogP contribution in [0.2, 0.25) is 0 Å². The number of rotatable bonds is 7. The van der Waals surface area contributed by atoms with Crippen LogP contribution in [0.5, 0.6) is 5.75 Å². The molecule has 1 saturated heterocycles. The zero-order valence-corrected chi connectivity index (χ0v) is 18.0. The van der Waals surface area contributed by atoms with E-state index in [0.717, 1.165) is 40.6 Å². The van der Waals surface area contributed by atoms with E-state index in [9.17, 15) is 4.79 Å². The normalized spacial score (nSPS) is 16.3. The van der Waals surface area contributed by atoms with E-state index >= 15 is 0 Å². The van der Waals surface area contributed by atoms with Crippen molar-refractivity contribution in [3.63, 3.8) is 0 Å². The summed E-state index contributed by atoms with van der Waals surface area (Å²) in [7, 11) is 0. The molecule has 4 rings (SSSR count). The summed E-state index contributed by atoms with van der Waals surface area (Å²) in [6, 6.07) is 14.3. The minimum absolute atomic E-state index is 0.205. The first kappa shape index (κ1) is 20.0. The number of aromatic nitrogens is 1. The van der Waals surface area contributed by atoms with Crippen molar-refractivity contribution in [3.8, 4) is 5.75 Å². The molecule has 29 heavy (non-hydrogen) atoms. The van der Waals surface area contributed by atoms with Crippen molar-refractivity contribution in [1.29, 1.82) is 0 Å². The number of para-hydroxylation sites is 1. The Kier molecular flexibility index (Phi) is 6.21. The number of benzene rings is 2. The van der Waals surface area contributed by atoms with Gasteiger partial charge in [-0.15, -0.1) is 0 Å². The van der Waals surface area contributed by atoms with Gasteiger partial charge in [-0.2, -0.15) is 0 Å². The summed E-state index contributed by atoms with van der Waals surface area (Å²) in [6.45, 7) is 4.15. The molecule has 1 aliphatic heterocycles. The van der Waals surface area contributed by atoms with Gasteiger partial charge in [-0.1, -0.05) is 34.1 Å². The molecule has 0 N–H and O–H groups in total. The van der Waals surface area contributed by atoms with Crippen molar-refractivity contribution >= 4 is 32.8 Å². The molecule has 0 amide bonds. The molecule has 2 heterocycles. The van der Waals surface area contributed by atoms with Gasteiger partial charge in [0.25, 0.3) is 0 Å². The number of carbonyl (C=O) groups excluding carboxylic acids is 1. The lowest BCUT2D eigenvalue weighted by Gasteiger charge is -2.12. The molecule has 0 saturated carbocycles. The highest BCUT2D eigenvalue weighted by Gasteiger charge is 2.21. The molecule has 2 aromatic carbocycles. The second-order valence-corrected chi connectivity index (χ2v) is 8.03.